The maximum Gasteiger partial charge on any atom is 0.248 e. The minimum atomic E-state index is -3.07. The highest BCUT2D eigenvalue weighted by Crippen LogP contribution is 2.12. The van der Waals surface area contributed by atoms with Crippen molar-refractivity contribution in [3.05, 3.63) is 29.8 Å². The molecule has 1 saturated heterocycles. The van der Waals surface area contributed by atoms with Gasteiger partial charge in [-0.05, 0) is 30.7 Å². The summed E-state index contributed by atoms with van der Waals surface area (Å²) >= 11 is 0. The number of carbonyl (C=O) groups excluding carboxylic acids is 1. The zero-order chi connectivity index (χ0) is 16.9. The van der Waals surface area contributed by atoms with E-state index < -0.39 is 15.9 Å². The van der Waals surface area contributed by atoms with E-state index in [1.165, 1.54) is 10.6 Å². The van der Waals surface area contributed by atoms with Crippen molar-refractivity contribution in [2.45, 2.75) is 6.42 Å². The summed E-state index contributed by atoms with van der Waals surface area (Å²) in [5.74, 6) is 0.252. The van der Waals surface area contributed by atoms with E-state index in [0.29, 0.717) is 31.0 Å². The molecule has 1 aromatic rings. The number of nitrogens with zero attached hydrogens (tertiary/aromatic N) is 2. The first-order chi connectivity index (χ1) is 10.9. The second-order valence-corrected chi connectivity index (χ2v) is 7.58. The molecular formula is C15H23N3O4S. The van der Waals surface area contributed by atoms with Gasteiger partial charge in [0.05, 0.1) is 12.9 Å². The van der Waals surface area contributed by atoms with Gasteiger partial charge in [-0.3, -0.25) is 4.79 Å². The van der Waals surface area contributed by atoms with Crippen LogP contribution >= 0.6 is 0 Å². The highest BCUT2D eigenvalue weighted by molar-refractivity contribution is 7.88. The Kier molecular flexibility index (Phi) is 5.97. The molecule has 8 heteroatoms. The zero-order valence-electron chi connectivity index (χ0n) is 13.3. The third kappa shape index (κ3) is 5.49. The number of carbonyl (C=O) groups is 1. The molecule has 0 bridgehead atoms. The van der Waals surface area contributed by atoms with Crippen molar-refractivity contribution in [3.63, 3.8) is 0 Å². The molecule has 0 aromatic heterocycles. The molecule has 128 valence electrons. The van der Waals surface area contributed by atoms with E-state index in [9.17, 15) is 13.2 Å². The smallest absolute Gasteiger partial charge is 0.248 e. The van der Waals surface area contributed by atoms with Gasteiger partial charge in [0.15, 0.2) is 0 Å². The van der Waals surface area contributed by atoms with E-state index in [0.717, 1.165) is 26.1 Å². The fourth-order valence-corrected chi connectivity index (χ4v) is 3.30. The van der Waals surface area contributed by atoms with Crippen LogP contribution in [-0.4, -0.2) is 69.1 Å². The monoisotopic (exact) mass is 341 g/mol. The summed E-state index contributed by atoms with van der Waals surface area (Å²) in [5, 5.41) is 0. The number of nitrogens with two attached hydrogens (primary N) is 1. The van der Waals surface area contributed by atoms with Crippen molar-refractivity contribution < 1.29 is 17.9 Å². The molecule has 1 aromatic carbocycles. The van der Waals surface area contributed by atoms with Crippen molar-refractivity contribution >= 4 is 15.9 Å². The van der Waals surface area contributed by atoms with Crippen LogP contribution in [0.4, 0.5) is 0 Å². The van der Waals surface area contributed by atoms with E-state index in [1.807, 2.05) is 0 Å². The minimum absolute atomic E-state index is 0.454. The second kappa shape index (κ2) is 7.76. The van der Waals surface area contributed by atoms with Gasteiger partial charge in [0.2, 0.25) is 15.9 Å². The molecule has 23 heavy (non-hydrogen) atoms. The van der Waals surface area contributed by atoms with Crippen LogP contribution in [0.2, 0.25) is 0 Å². The zero-order valence-corrected chi connectivity index (χ0v) is 14.1. The van der Waals surface area contributed by atoms with Crippen LogP contribution in [0.5, 0.6) is 5.75 Å². The van der Waals surface area contributed by atoms with Crippen LogP contribution in [-0.2, 0) is 10.0 Å². The summed E-state index contributed by atoms with van der Waals surface area (Å²) in [5.41, 5.74) is 5.64. The van der Waals surface area contributed by atoms with Crippen LogP contribution in [0, 0.1) is 0 Å². The van der Waals surface area contributed by atoms with Gasteiger partial charge in [0.25, 0.3) is 0 Å². The van der Waals surface area contributed by atoms with Crippen LogP contribution in [0.1, 0.15) is 16.8 Å². The number of hydrogen-bond donors (Lipinski definition) is 1. The van der Waals surface area contributed by atoms with E-state index >= 15 is 0 Å². The number of piperazine rings is 1. The fourth-order valence-electron chi connectivity index (χ4n) is 2.48. The minimum Gasteiger partial charge on any atom is -0.494 e. The van der Waals surface area contributed by atoms with Gasteiger partial charge < -0.3 is 15.4 Å². The lowest BCUT2D eigenvalue weighted by atomic mass is 10.2. The maximum atomic E-state index is 11.4. The lowest BCUT2D eigenvalue weighted by Gasteiger charge is -2.33. The molecule has 1 aliphatic heterocycles. The molecular weight excluding hydrogens is 318 g/mol. The molecule has 2 N–H and O–H groups in total. The van der Waals surface area contributed by atoms with Crippen LogP contribution in [0.15, 0.2) is 24.3 Å². The molecule has 0 unspecified atom stereocenters. The molecule has 0 aliphatic carbocycles. The predicted molar refractivity (Wildman–Crippen MR) is 87.9 cm³/mol. The van der Waals surface area contributed by atoms with Crippen molar-refractivity contribution in [2.75, 3.05) is 45.6 Å². The normalized spacial score (nSPS) is 17.1. The maximum absolute atomic E-state index is 11.4. The molecule has 1 amide bonds. The number of primary amides is 1. The molecule has 0 saturated carbocycles. The summed E-state index contributed by atoms with van der Waals surface area (Å²) in [6, 6.07) is 6.74. The Hall–Kier alpha value is -1.64. The first-order valence-corrected chi connectivity index (χ1v) is 9.41. The van der Waals surface area contributed by atoms with Gasteiger partial charge in [-0.15, -0.1) is 0 Å². The van der Waals surface area contributed by atoms with E-state index in [-0.39, 0.29) is 0 Å². The molecule has 2 rings (SSSR count). The third-order valence-corrected chi connectivity index (χ3v) is 5.13. The molecule has 1 aliphatic rings. The predicted octanol–water partition coefficient (Wildman–Crippen LogP) is 0.132. The van der Waals surface area contributed by atoms with Crippen LogP contribution in [0.3, 0.4) is 0 Å². The number of benzene rings is 1. The van der Waals surface area contributed by atoms with E-state index in [2.05, 4.69) is 4.90 Å². The summed E-state index contributed by atoms with van der Waals surface area (Å²) in [6.07, 6.45) is 2.11. The largest absolute Gasteiger partial charge is 0.494 e. The fraction of sp³-hybridized carbons (Fsp3) is 0.533. The van der Waals surface area contributed by atoms with Gasteiger partial charge in [-0.25, -0.2) is 8.42 Å². The molecule has 0 spiro atoms. The Bertz CT molecular complexity index is 623. The van der Waals surface area contributed by atoms with Gasteiger partial charge >= 0.3 is 0 Å². The Balaban J connectivity index is 1.65. The number of ether oxygens (including phenoxy) is 1. The van der Waals surface area contributed by atoms with Gasteiger partial charge in [0.1, 0.15) is 5.75 Å². The summed E-state index contributed by atoms with van der Waals surface area (Å²) in [6.45, 7) is 4.04. The highest BCUT2D eigenvalue weighted by atomic mass is 32.2. The summed E-state index contributed by atoms with van der Waals surface area (Å²) < 4.78 is 30.0. The number of sulfonamides is 1. The number of amides is 1. The van der Waals surface area contributed by atoms with Crippen molar-refractivity contribution in [2.24, 2.45) is 5.73 Å². The SMILES string of the molecule is CS(=O)(=O)N1CCN(CCCOc2ccc(C(N)=O)cc2)CC1. The summed E-state index contributed by atoms with van der Waals surface area (Å²) in [4.78, 5) is 13.2. The number of hydrogen-bond acceptors (Lipinski definition) is 5. The Labute approximate surface area is 137 Å². The first kappa shape index (κ1) is 17.7. The Morgan fingerprint density at radius 3 is 2.30 bits per heavy atom. The Morgan fingerprint density at radius 2 is 1.78 bits per heavy atom. The average molecular weight is 341 g/mol. The van der Waals surface area contributed by atoms with Crippen LogP contribution in [0.25, 0.3) is 0 Å². The molecule has 0 atom stereocenters. The Morgan fingerprint density at radius 1 is 1.17 bits per heavy atom. The second-order valence-electron chi connectivity index (χ2n) is 5.59. The van der Waals surface area contributed by atoms with Gasteiger partial charge in [0, 0.05) is 38.3 Å². The molecule has 7 nitrogen and oxygen atoms in total. The van der Waals surface area contributed by atoms with Crippen molar-refractivity contribution in [1.82, 2.24) is 9.21 Å². The quantitative estimate of drug-likeness (QED) is 0.712. The topological polar surface area (TPSA) is 92.9 Å². The van der Waals surface area contributed by atoms with Crippen LogP contribution < -0.4 is 10.5 Å². The molecule has 1 heterocycles. The van der Waals surface area contributed by atoms with Gasteiger partial charge in [-0.2, -0.15) is 4.31 Å². The lowest BCUT2D eigenvalue weighted by molar-refractivity contribution is 0.1000. The van der Waals surface area contributed by atoms with Gasteiger partial charge in [-0.1, -0.05) is 0 Å². The average Bonchev–Trinajstić information content (AvgIpc) is 2.51. The standard InChI is InChI=1S/C15H23N3O4S/c1-23(20,21)18-10-8-17(9-11-18)7-2-12-22-14-5-3-13(4-6-14)15(16)19/h3-6H,2,7-12H2,1H3,(H2,16,19). The van der Waals surface area contributed by atoms with Crippen molar-refractivity contribution in [3.8, 4) is 5.75 Å². The van der Waals surface area contributed by atoms with E-state index in [4.69, 9.17) is 10.5 Å². The molecule has 0 radical (unpaired) electrons. The van der Waals surface area contributed by atoms with Crippen molar-refractivity contribution in [1.29, 1.82) is 0 Å². The van der Waals surface area contributed by atoms with E-state index in [1.54, 1.807) is 24.3 Å². The highest BCUT2D eigenvalue weighted by Gasteiger charge is 2.22. The lowest BCUT2D eigenvalue weighted by Crippen LogP contribution is -2.48. The molecule has 1 fully saturated rings. The summed E-state index contributed by atoms with van der Waals surface area (Å²) in [7, 11) is -3.07. The first-order valence-electron chi connectivity index (χ1n) is 7.56. The third-order valence-electron chi connectivity index (χ3n) is 3.83. The number of rotatable bonds is 7.